The van der Waals surface area contributed by atoms with Gasteiger partial charge in [-0.2, -0.15) is 0 Å². The second-order valence-corrected chi connectivity index (χ2v) is 9.04. The van der Waals surface area contributed by atoms with E-state index in [0.717, 1.165) is 16.1 Å². The number of rotatable bonds is 7. The minimum Gasteiger partial charge on any atom is -0.497 e. The predicted molar refractivity (Wildman–Crippen MR) is 114 cm³/mol. The van der Waals surface area contributed by atoms with Crippen molar-refractivity contribution in [1.82, 2.24) is 10.2 Å². The topological polar surface area (TPSA) is 101 Å². The van der Waals surface area contributed by atoms with E-state index in [4.69, 9.17) is 4.74 Å². The van der Waals surface area contributed by atoms with Gasteiger partial charge in [0.1, 0.15) is 16.8 Å². The Hall–Kier alpha value is -2.98. The Morgan fingerprint density at radius 3 is 2.52 bits per heavy atom. The maximum Gasteiger partial charge on any atom is 0.249 e. The van der Waals surface area contributed by atoms with Gasteiger partial charge in [0.2, 0.25) is 21.1 Å². The Kier molecular flexibility index (Phi) is 6.14. The van der Waals surface area contributed by atoms with E-state index in [2.05, 4.69) is 15.5 Å². The molecule has 0 saturated carbocycles. The fraction of sp³-hybridized carbons (Fsp3) is 0.211. The number of sulfonamides is 1. The third kappa shape index (κ3) is 4.90. The summed E-state index contributed by atoms with van der Waals surface area (Å²) in [6, 6.07) is 15.0. The normalized spacial score (nSPS) is 12.2. The zero-order valence-electron chi connectivity index (χ0n) is 16.1. The molecule has 1 N–H and O–H groups in total. The Labute approximate surface area is 173 Å². The Bertz CT molecular complexity index is 1100. The van der Waals surface area contributed by atoms with Gasteiger partial charge >= 0.3 is 0 Å². The van der Waals surface area contributed by atoms with Crippen LogP contribution in [0.4, 0.5) is 10.8 Å². The summed E-state index contributed by atoms with van der Waals surface area (Å²) in [5.74, 6) is -0.0330. The van der Waals surface area contributed by atoms with Gasteiger partial charge in [-0.25, -0.2) is 8.42 Å². The fourth-order valence-electron chi connectivity index (χ4n) is 2.74. The van der Waals surface area contributed by atoms with Crippen molar-refractivity contribution in [3.63, 3.8) is 0 Å². The highest BCUT2D eigenvalue weighted by molar-refractivity contribution is 7.92. The highest BCUT2D eigenvalue weighted by atomic mass is 32.2. The molecule has 1 heterocycles. The van der Waals surface area contributed by atoms with Crippen LogP contribution in [0.2, 0.25) is 0 Å². The van der Waals surface area contributed by atoms with Gasteiger partial charge in [0, 0.05) is 11.6 Å². The number of nitrogens with zero attached hydrogens (tertiary/aromatic N) is 3. The maximum atomic E-state index is 12.8. The quantitative estimate of drug-likeness (QED) is 0.616. The Morgan fingerprint density at radius 1 is 1.14 bits per heavy atom. The summed E-state index contributed by atoms with van der Waals surface area (Å²) in [7, 11) is -2.25. The number of carbonyl (C=O) groups excluding carboxylic acids is 1. The first-order valence-corrected chi connectivity index (χ1v) is 11.3. The zero-order chi connectivity index (χ0) is 21.0. The molecule has 1 amide bonds. The molecular formula is C19H20N4O4S2. The van der Waals surface area contributed by atoms with Crippen LogP contribution < -0.4 is 14.4 Å². The van der Waals surface area contributed by atoms with Gasteiger partial charge in [-0.15, -0.1) is 10.2 Å². The molecule has 152 valence electrons. The average Bonchev–Trinajstić information content (AvgIpc) is 3.16. The van der Waals surface area contributed by atoms with E-state index in [-0.39, 0.29) is 0 Å². The molecule has 0 aliphatic rings. The molecule has 0 aliphatic carbocycles. The number of hydrogen-bond donors (Lipinski definition) is 1. The molecule has 3 aromatic rings. The first-order valence-electron chi connectivity index (χ1n) is 8.63. The minimum atomic E-state index is -3.73. The standard InChI is InChI=1S/C19H20N4O4S2/c1-13(23(29(3,25)26)15-10-7-11-16(12-15)27-2)17(24)20-19-22-21-18(28-19)14-8-5-4-6-9-14/h4-13H,1-3H3,(H,20,22,24)/t13-/m0/s1. The average molecular weight is 433 g/mol. The first-order chi connectivity index (χ1) is 13.8. The van der Waals surface area contributed by atoms with Crippen LogP contribution >= 0.6 is 11.3 Å². The van der Waals surface area contributed by atoms with Crippen LogP contribution in [-0.4, -0.2) is 43.9 Å². The van der Waals surface area contributed by atoms with Gasteiger partial charge in [-0.1, -0.05) is 47.7 Å². The molecule has 10 heteroatoms. The molecule has 0 fully saturated rings. The van der Waals surface area contributed by atoms with Gasteiger partial charge in [-0.3, -0.25) is 14.4 Å². The summed E-state index contributed by atoms with van der Waals surface area (Å²) < 4.78 is 31.0. The lowest BCUT2D eigenvalue weighted by Crippen LogP contribution is -2.45. The van der Waals surface area contributed by atoms with Crippen LogP contribution in [0.3, 0.4) is 0 Å². The van der Waals surface area contributed by atoms with Crippen molar-refractivity contribution in [2.24, 2.45) is 0 Å². The highest BCUT2D eigenvalue weighted by Crippen LogP contribution is 2.28. The Morgan fingerprint density at radius 2 is 1.86 bits per heavy atom. The molecule has 0 radical (unpaired) electrons. The monoisotopic (exact) mass is 432 g/mol. The Balaban J connectivity index is 1.82. The molecule has 1 aromatic heterocycles. The third-order valence-electron chi connectivity index (χ3n) is 4.07. The second kappa shape index (κ2) is 8.58. The number of nitrogens with one attached hydrogen (secondary N) is 1. The van der Waals surface area contributed by atoms with Crippen LogP contribution in [0.5, 0.6) is 5.75 Å². The summed E-state index contributed by atoms with van der Waals surface area (Å²) in [6.45, 7) is 1.51. The fourth-order valence-corrected chi connectivity index (χ4v) is 4.66. The van der Waals surface area contributed by atoms with Gasteiger partial charge in [0.05, 0.1) is 19.1 Å². The molecule has 0 saturated heterocycles. The number of aromatic nitrogens is 2. The van der Waals surface area contributed by atoms with Crippen LogP contribution in [0, 0.1) is 0 Å². The lowest BCUT2D eigenvalue weighted by atomic mass is 10.2. The minimum absolute atomic E-state index is 0.291. The summed E-state index contributed by atoms with van der Waals surface area (Å²) in [5.41, 5.74) is 1.21. The smallest absolute Gasteiger partial charge is 0.249 e. The van der Waals surface area contributed by atoms with Crippen molar-refractivity contribution in [3.8, 4) is 16.3 Å². The number of methoxy groups -OCH3 is 1. The summed E-state index contributed by atoms with van der Waals surface area (Å²) in [5, 5.41) is 11.7. The second-order valence-electron chi connectivity index (χ2n) is 6.20. The number of hydrogen-bond acceptors (Lipinski definition) is 7. The van der Waals surface area contributed by atoms with Crippen LogP contribution in [0.1, 0.15) is 6.92 Å². The predicted octanol–water partition coefficient (Wildman–Crippen LogP) is 3.01. The van der Waals surface area contributed by atoms with Gasteiger partial charge in [0.15, 0.2) is 0 Å². The van der Waals surface area contributed by atoms with Crippen molar-refractivity contribution >= 4 is 38.1 Å². The zero-order valence-corrected chi connectivity index (χ0v) is 17.7. The molecular weight excluding hydrogens is 412 g/mol. The summed E-state index contributed by atoms with van der Waals surface area (Å²) in [4.78, 5) is 12.8. The number of benzene rings is 2. The molecule has 0 bridgehead atoms. The van der Waals surface area contributed by atoms with Crippen molar-refractivity contribution in [2.45, 2.75) is 13.0 Å². The molecule has 2 aromatic carbocycles. The van der Waals surface area contributed by atoms with E-state index < -0.39 is 22.0 Å². The van der Waals surface area contributed by atoms with Crippen molar-refractivity contribution < 1.29 is 17.9 Å². The number of anilines is 2. The molecule has 0 unspecified atom stereocenters. The molecule has 0 aliphatic heterocycles. The molecule has 8 nitrogen and oxygen atoms in total. The number of carbonyl (C=O) groups is 1. The molecule has 0 spiro atoms. The maximum absolute atomic E-state index is 12.8. The van der Waals surface area contributed by atoms with Gasteiger partial charge < -0.3 is 4.74 Å². The van der Waals surface area contributed by atoms with E-state index in [9.17, 15) is 13.2 Å². The SMILES string of the molecule is COc1cccc(N([C@@H](C)C(=O)Nc2nnc(-c3ccccc3)s2)S(C)(=O)=O)c1. The summed E-state index contributed by atoms with van der Waals surface area (Å²) >= 11 is 1.21. The van der Waals surface area contributed by atoms with Crippen molar-refractivity contribution in [1.29, 1.82) is 0 Å². The molecule has 1 atom stereocenters. The van der Waals surface area contributed by atoms with Crippen LogP contribution in [0.25, 0.3) is 10.6 Å². The van der Waals surface area contributed by atoms with Crippen molar-refractivity contribution in [3.05, 3.63) is 54.6 Å². The van der Waals surface area contributed by atoms with E-state index in [1.54, 1.807) is 24.3 Å². The van der Waals surface area contributed by atoms with E-state index >= 15 is 0 Å². The lowest BCUT2D eigenvalue weighted by Gasteiger charge is -2.28. The van der Waals surface area contributed by atoms with Gasteiger partial charge in [0.25, 0.3) is 0 Å². The molecule has 29 heavy (non-hydrogen) atoms. The van der Waals surface area contributed by atoms with E-state index in [0.29, 0.717) is 21.6 Å². The van der Waals surface area contributed by atoms with E-state index in [1.165, 1.54) is 25.4 Å². The number of amides is 1. The van der Waals surface area contributed by atoms with Crippen LogP contribution in [0.15, 0.2) is 54.6 Å². The molecule has 3 rings (SSSR count). The third-order valence-corrected chi connectivity index (χ3v) is 6.20. The lowest BCUT2D eigenvalue weighted by molar-refractivity contribution is -0.116. The highest BCUT2D eigenvalue weighted by Gasteiger charge is 2.30. The number of ether oxygens (including phenoxy) is 1. The first kappa shape index (κ1) is 20.7. The van der Waals surface area contributed by atoms with Crippen molar-refractivity contribution in [2.75, 3.05) is 23.0 Å². The largest absolute Gasteiger partial charge is 0.497 e. The van der Waals surface area contributed by atoms with Gasteiger partial charge in [-0.05, 0) is 19.1 Å². The summed E-state index contributed by atoms with van der Waals surface area (Å²) in [6.07, 6.45) is 1.05. The van der Waals surface area contributed by atoms with E-state index in [1.807, 2.05) is 30.3 Å². The van der Waals surface area contributed by atoms with Crippen LogP contribution in [-0.2, 0) is 14.8 Å².